The van der Waals surface area contributed by atoms with Crippen LogP contribution in [0.3, 0.4) is 0 Å². The number of ketones is 1. The first-order valence-electron chi connectivity index (χ1n) is 8.26. The molecule has 4 aromatic rings. The number of ether oxygens (including phenoxy) is 1. The first-order valence-corrected chi connectivity index (χ1v) is 9.07. The highest BCUT2D eigenvalue weighted by Gasteiger charge is 2.14. The summed E-state index contributed by atoms with van der Waals surface area (Å²) in [5.41, 5.74) is 0.729. The molecule has 130 valence electrons. The Bertz CT molecular complexity index is 1010. The maximum Gasteiger partial charge on any atom is 0.234 e. The number of hydrogen-bond acceptors (Lipinski definition) is 6. The fourth-order valence-electron chi connectivity index (χ4n) is 2.54. The number of fused-ring (bicyclic) bond motifs is 1. The summed E-state index contributed by atoms with van der Waals surface area (Å²) in [6.07, 6.45) is 1.00. The molecule has 0 radical (unpaired) electrons. The number of aromatic nitrogens is 4. The Morgan fingerprint density at radius 2 is 1.73 bits per heavy atom. The van der Waals surface area contributed by atoms with Gasteiger partial charge in [0.05, 0.1) is 0 Å². The van der Waals surface area contributed by atoms with Crippen LogP contribution in [-0.2, 0) is 13.0 Å². The minimum atomic E-state index is 0.115. The topological polar surface area (TPSA) is 69.4 Å². The number of nitrogens with zero attached hydrogens (tertiary/aromatic N) is 4. The molecule has 0 atom stereocenters. The fourth-order valence-corrected chi connectivity index (χ4v) is 3.39. The van der Waals surface area contributed by atoms with E-state index in [1.54, 1.807) is 4.52 Å². The summed E-state index contributed by atoms with van der Waals surface area (Å²) in [6.45, 7) is 0.289. The van der Waals surface area contributed by atoms with Crippen LogP contribution in [0.5, 0.6) is 5.75 Å². The highest BCUT2D eigenvalue weighted by atomic mass is 32.1. The van der Waals surface area contributed by atoms with E-state index in [0.717, 1.165) is 16.3 Å². The highest BCUT2D eigenvalue weighted by Crippen LogP contribution is 2.18. The van der Waals surface area contributed by atoms with Gasteiger partial charge in [-0.1, -0.05) is 59.9 Å². The van der Waals surface area contributed by atoms with Gasteiger partial charge in [0.25, 0.3) is 0 Å². The van der Waals surface area contributed by atoms with Crippen LogP contribution in [0.4, 0.5) is 0 Å². The predicted octanol–water partition coefficient (Wildman–Crippen LogP) is 3.58. The first-order chi connectivity index (χ1) is 12.8. The van der Waals surface area contributed by atoms with Crippen molar-refractivity contribution in [3.8, 4) is 5.75 Å². The molecule has 6 nitrogen and oxygen atoms in total. The Kier molecular flexibility index (Phi) is 4.70. The normalized spacial score (nSPS) is 10.9. The second-order valence-electron chi connectivity index (χ2n) is 5.70. The monoisotopic (exact) mass is 364 g/mol. The molecule has 0 saturated heterocycles. The molecular weight excluding hydrogens is 348 g/mol. The number of para-hydroxylation sites is 1. The molecule has 0 aliphatic carbocycles. The van der Waals surface area contributed by atoms with Crippen LogP contribution in [-0.4, -0.2) is 25.6 Å². The second kappa shape index (κ2) is 7.45. The Morgan fingerprint density at radius 1 is 1.00 bits per heavy atom. The average Bonchev–Trinajstić information content (AvgIpc) is 3.26. The molecule has 0 N–H and O–H groups in total. The van der Waals surface area contributed by atoms with E-state index in [-0.39, 0.29) is 12.4 Å². The van der Waals surface area contributed by atoms with E-state index in [1.807, 2.05) is 60.7 Å². The summed E-state index contributed by atoms with van der Waals surface area (Å²) in [6, 6.07) is 18.9. The summed E-state index contributed by atoms with van der Waals surface area (Å²) >= 11 is 1.45. The van der Waals surface area contributed by atoms with E-state index in [1.165, 1.54) is 11.3 Å². The van der Waals surface area contributed by atoms with Crippen LogP contribution < -0.4 is 4.74 Å². The first kappa shape index (κ1) is 16.4. The number of Topliss-reactive ketones (excluding diaryl/α,β-unsaturated/α-hetero) is 1. The minimum Gasteiger partial charge on any atom is -0.486 e. The Hall–Kier alpha value is -3.06. The summed E-state index contributed by atoms with van der Waals surface area (Å²) in [7, 11) is 0. The van der Waals surface area contributed by atoms with Gasteiger partial charge < -0.3 is 4.74 Å². The standard InChI is InChI=1S/C19H16N4O2S/c24-16(14-7-3-1-4-8-14)11-12-18-22-23-17(20-21-19(23)26-18)13-25-15-9-5-2-6-10-15/h1-10H,11-13H2. The average molecular weight is 364 g/mol. The van der Waals surface area contributed by atoms with Crippen LogP contribution in [0.25, 0.3) is 4.96 Å². The summed E-state index contributed by atoms with van der Waals surface area (Å²) in [4.78, 5) is 12.9. The van der Waals surface area contributed by atoms with Gasteiger partial charge in [0.2, 0.25) is 4.96 Å². The second-order valence-corrected chi connectivity index (χ2v) is 6.74. The number of carbonyl (C=O) groups is 1. The van der Waals surface area contributed by atoms with Crippen molar-refractivity contribution in [1.82, 2.24) is 19.8 Å². The quantitative estimate of drug-likeness (QED) is 0.469. The fraction of sp³-hybridized carbons (Fsp3) is 0.158. The number of rotatable bonds is 7. The summed E-state index contributed by atoms with van der Waals surface area (Å²) in [5, 5.41) is 13.7. The zero-order valence-electron chi connectivity index (χ0n) is 13.9. The van der Waals surface area contributed by atoms with E-state index < -0.39 is 0 Å². The van der Waals surface area contributed by atoms with E-state index in [9.17, 15) is 4.79 Å². The SMILES string of the molecule is O=C(CCc1nn2c(COc3ccccc3)nnc2s1)c1ccccc1. The molecule has 2 aromatic heterocycles. The van der Waals surface area contributed by atoms with Crippen molar-refractivity contribution in [3.05, 3.63) is 77.1 Å². The lowest BCUT2D eigenvalue weighted by molar-refractivity contribution is 0.0982. The zero-order chi connectivity index (χ0) is 17.8. The molecule has 0 aliphatic rings. The van der Waals surface area contributed by atoms with Gasteiger partial charge >= 0.3 is 0 Å². The van der Waals surface area contributed by atoms with Crippen molar-refractivity contribution in [1.29, 1.82) is 0 Å². The Balaban J connectivity index is 1.41. The molecule has 4 rings (SSSR count). The van der Waals surface area contributed by atoms with Crippen LogP contribution in [0, 0.1) is 0 Å². The van der Waals surface area contributed by atoms with Gasteiger partial charge in [0.1, 0.15) is 17.4 Å². The van der Waals surface area contributed by atoms with Crippen molar-refractivity contribution >= 4 is 22.1 Å². The summed E-state index contributed by atoms with van der Waals surface area (Å²) in [5.74, 6) is 1.53. The minimum absolute atomic E-state index is 0.115. The third kappa shape index (κ3) is 3.62. The zero-order valence-corrected chi connectivity index (χ0v) is 14.7. The molecule has 0 amide bonds. The van der Waals surface area contributed by atoms with E-state index in [2.05, 4.69) is 15.3 Å². The molecule has 0 aliphatic heterocycles. The lowest BCUT2D eigenvalue weighted by atomic mass is 10.1. The molecule has 2 aromatic carbocycles. The van der Waals surface area contributed by atoms with E-state index in [4.69, 9.17) is 4.74 Å². The van der Waals surface area contributed by atoms with Crippen LogP contribution in [0.2, 0.25) is 0 Å². The van der Waals surface area contributed by atoms with Gasteiger partial charge in [-0.05, 0) is 12.1 Å². The van der Waals surface area contributed by atoms with Gasteiger partial charge in [-0.25, -0.2) is 0 Å². The number of hydrogen-bond donors (Lipinski definition) is 0. The van der Waals surface area contributed by atoms with Crippen LogP contribution in [0.15, 0.2) is 60.7 Å². The number of benzene rings is 2. The predicted molar refractivity (Wildman–Crippen MR) is 98.5 cm³/mol. The molecule has 7 heteroatoms. The highest BCUT2D eigenvalue weighted by molar-refractivity contribution is 7.16. The van der Waals surface area contributed by atoms with Gasteiger partial charge in [0.15, 0.2) is 11.6 Å². The molecule has 0 spiro atoms. The summed E-state index contributed by atoms with van der Waals surface area (Å²) < 4.78 is 7.40. The van der Waals surface area contributed by atoms with Gasteiger partial charge in [0, 0.05) is 18.4 Å². The molecule has 2 heterocycles. The van der Waals surface area contributed by atoms with Crippen molar-refractivity contribution < 1.29 is 9.53 Å². The lowest BCUT2D eigenvalue weighted by Gasteiger charge is -2.02. The number of carbonyl (C=O) groups excluding carboxylic acids is 1. The third-order valence-corrected chi connectivity index (χ3v) is 4.83. The largest absolute Gasteiger partial charge is 0.486 e. The van der Waals surface area contributed by atoms with Gasteiger partial charge in [-0.3, -0.25) is 4.79 Å². The van der Waals surface area contributed by atoms with E-state index >= 15 is 0 Å². The van der Waals surface area contributed by atoms with Crippen molar-refractivity contribution in [2.45, 2.75) is 19.4 Å². The molecule has 0 saturated carbocycles. The molecule has 0 unspecified atom stereocenters. The third-order valence-electron chi connectivity index (χ3n) is 3.87. The van der Waals surface area contributed by atoms with Gasteiger partial charge in [-0.2, -0.15) is 9.61 Å². The number of aryl methyl sites for hydroxylation is 1. The lowest BCUT2D eigenvalue weighted by Crippen LogP contribution is -2.04. The molecule has 0 fully saturated rings. The maximum atomic E-state index is 12.2. The smallest absolute Gasteiger partial charge is 0.234 e. The van der Waals surface area contributed by atoms with Crippen molar-refractivity contribution in [2.24, 2.45) is 0 Å². The maximum absolute atomic E-state index is 12.2. The van der Waals surface area contributed by atoms with Crippen LogP contribution in [0.1, 0.15) is 27.6 Å². The molecular formula is C19H16N4O2S. The van der Waals surface area contributed by atoms with Gasteiger partial charge in [-0.15, -0.1) is 10.2 Å². The molecule has 0 bridgehead atoms. The Morgan fingerprint density at radius 3 is 2.50 bits per heavy atom. The van der Waals surface area contributed by atoms with Crippen molar-refractivity contribution in [3.63, 3.8) is 0 Å². The van der Waals surface area contributed by atoms with Crippen molar-refractivity contribution in [2.75, 3.05) is 0 Å². The van der Waals surface area contributed by atoms with E-state index in [0.29, 0.717) is 23.6 Å². The van der Waals surface area contributed by atoms with Crippen LogP contribution >= 0.6 is 11.3 Å². The molecule has 26 heavy (non-hydrogen) atoms. The Labute approximate surface area is 154 Å².